The summed E-state index contributed by atoms with van der Waals surface area (Å²) in [4.78, 5) is 6.86. The molecule has 0 N–H and O–H groups in total. The van der Waals surface area contributed by atoms with Crippen LogP contribution in [0.5, 0.6) is 0 Å². The number of aromatic nitrogens is 2. The van der Waals surface area contributed by atoms with Crippen LogP contribution in [0, 0.1) is 0 Å². The van der Waals surface area contributed by atoms with E-state index in [0.717, 1.165) is 36.9 Å². The fourth-order valence-electron chi connectivity index (χ4n) is 2.06. The van der Waals surface area contributed by atoms with Crippen LogP contribution < -0.4 is 0 Å². The second kappa shape index (κ2) is 5.56. The van der Waals surface area contributed by atoms with Crippen LogP contribution in [0.4, 0.5) is 0 Å². The van der Waals surface area contributed by atoms with E-state index in [1.165, 1.54) is 5.52 Å². The molecule has 0 aliphatic rings. The zero-order valence-corrected chi connectivity index (χ0v) is 11.3. The van der Waals surface area contributed by atoms with Crippen LogP contribution in [0.25, 0.3) is 11.0 Å². The molecule has 0 unspecified atom stereocenters. The van der Waals surface area contributed by atoms with Crippen molar-refractivity contribution in [3.05, 3.63) is 24.3 Å². The van der Waals surface area contributed by atoms with Crippen molar-refractivity contribution in [3.8, 4) is 0 Å². The van der Waals surface area contributed by atoms with E-state index in [9.17, 15) is 0 Å². The van der Waals surface area contributed by atoms with E-state index in [1.54, 1.807) is 0 Å². The largest absolute Gasteiger partial charge is 0.318 e. The number of hydrogen-bond donors (Lipinski definition) is 1. The Morgan fingerprint density at radius 2 is 1.94 bits per heavy atom. The van der Waals surface area contributed by atoms with Crippen LogP contribution in [-0.2, 0) is 6.54 Å². The summed E-state index contributed by atoms with van der Waals surface area (Å²) in [6, 6.07) is 8.19. The molecule has 92 valence electrons. The molecule has 2 rings (SSSR count). The highest BCUT2D eigenvalue weighted by atomic mass is 32.1. The maximum Gasteiger partial charge on any atom is 0.165 e. The lowest BCUT2D eigenvalue weighted by Crippen LogP contribution is -2.27. The van der Waals surface area contributed by atoms with Gasteiger partial charge in [-0.3, -0.25) is 0 Å². The smallest absolute Gasteiger partial charge is 0.165 e. The lowest BCUT2D eigenvalue weighted by atomic mass is 10.3. The molecule has 2 aromatic rings. The molecule has 0 aliphatic heterocycles. The average Bonchev–Trinajstić information content (AvgIpc) is 2.67. The summed E-state index contributed by atoms with van der Waals surface area (Å²) in [5.74, 6) is 0. The molecule has 0 aliphatic carbocycles. The highest BCUT2D eigenvalue weighted by Crippen LogP contribution is 2.18. The molecule has 1 heterocycles. The standard InChI is InChI=1S/C13H19N3S/c1-3-15(4-2)9-10-16-12-8-6-5-7-11(12)14-13(16)17/h5-8H,3-4,9-10H2,1-2H3,(H,14,17). The van der Waals surface area contributed by atoms with Crippen molar-refractivity contribution in [3.63, 3.8) is 0 Å². The molecule has 1 aromatic heterocycles. The summed E-state index contributed by atoms with van der Waals surface area (Å²) in [5, 5.41) is 0.804. The molecule has 0 saturated carbocycles. The number of hydrogen-bond acceptors (Lipinski definition) is 3. The molecule has 3 nitrogen and oxygen atoms in total. The number of para-hydroxylation sites is 2. The third-order valence-corrected chi connectivity index (χ3v) is 3.51. The number of imidazole rings is 1. The van der Waals surface area contributed by atoms with Gasteiger partial charge in [-0.05, 0) is 25.2 Å². The van der Waals surface area contributed by atoms with E-state index >= 15 is 0 Å². The van der Waals surface area contributed by atoms with Gasteiger partial charge in [0.05, 0.1) is 11.0 Å². The van der Waals surface area contributed by atoms with Crippen molar-refractivity contribution in [2.24, 2.45) is 0 Å². The Morgan fingerprint density at radius 3 is 2.65 bits per heavy atom. The third-order valence-electron chi connectivity index (χ3n) is 3.17. The third kappa shape index (κ3) is 2.64. The van der Waals surface area contributed by atoms with Gasteiger partial charge >= 0.3 is 0 Å². The maximum absolute atomic E-state index is 4.45. The Labute approximate surface area is 108 Å². The van der Waals surface area contributed by atoms with Crippen molar-refractivity contribution in [2.45, 2.75) is 25.5 Å². The number of rotatable bonds is 5. The molecule has 0 saturated heterocycles. The summed E-state index contributed by atoms with van der Waals surface area (Å²) in [6.45, 7) is 8.55. The van der Waals surface area contributed by atoms with Crippen LogP contribution in [0.1, 0.15) is 13.8 Å². The van der Waals surface area contributed by atoms with Crippen LogP contribution in [0.15, 0.2) is 29.4 Å². The second-order valence-corrected chi connectivity index (χ2v) is 4.48. The van der Waals surface area contributed by atoms with Crippen LogP contribution in [0.2, 0.25) is 0 Å². The normalized spacial score (nSPS) is 11.5. The predicted octanol–water partition coefficient (Wildman–Crippen LogP) is 2.67. The lowest BCUT2D eigenvalue weighted by Gasteiger charge is -2.18. The predicted molar refractivity (Wildman–Crippen MR) is 74.8 cm³/mol. The molecular weight excluding hydrogens is 230 g/mol. The highest BCUT2D eigenvalue weighted by molar-refractivity contribution is 7.80. The van der Waals surface area contributed by atoms with Gasteiger partial charge in [0.15, 0.2) is 5.16 Å². The Bertz CT molecular complexity index is 488. The van der Waals surface area contributed by atoms with Gasteiger partial charge in [0.1, 0.15) is 0 Å². The van der Waals surface area contributed by atoms with Gasteiger partial charge in [-0.2, -0.15) is 0 Å². The van der Waals surface area contributed by atoms with Crippen molar-refractivity contribution in [1.29, 1.82) is 0 Å². The first-order chi connectivity index (χ1) is 8.26. The lowest BCUT2D eigenvalue weighted by molar-refractivity contribution is 0.288. The topological polar surface area (TPSA) is 21.1 Å². The molecule has 1 aromatic carbocycles. The van der Waals surface area contributed by atoms with Gasteiger partial charge in [-0.15, -0.1) is 12.6 Å². The van der Waals surface area contributed by atoms with Crippen molar-refractivity contribution in [2.75, 3.05) is 19.6 Å². The minimum atomic E-state index is 0.804. The first-order valence-electron chi connectivity index (χ1n) is 6.12. The Hall–Kier alpha value is -1.00. The van der Waals surface area contributed by atoms with E-state index in [-0.39, 0.29) is 0 Å². The summed E-state index contributed by atoms with van der Waals surface area (Å²) in [6.07, 6.45) is 0. The van der Waals surface area contributed by atoms with Crippen molar-refractivity contribution >= 4 is 23.7 Å². The summed E-state index contributed by atoms with van der Waals surface area (Å²) < 4.78 is 2.18. The van der Waals surface area contributed by atoms with Crippen LogP contribution in [-0.4, -0.2) is 34.1 Å². The number of thiol groups is 1. The zero-order valence-electron chi connectivity index (χ0n) is 10.4. The number of likely N-dealkylation sites (N-methyl/N-ethyl adjacent to an activating group) is 1. The molecule has 0 bridgehead atoms. The fourth-order valence-corrected chi connectivity index (χ4v) is 2.38. The molecule has 0 spiro atoms. The first kappa shape index (κ1) is 12.5. The highest BCUT2D eigenvalue weighted by Gasteiger charge is 2.08. The first-order valence-corrected chi connectivity index (χ1v) is 6.57. The number of benzene rings is 1. The average molecular weight is 249 g/mol. The molecule has 0 fully saturated rings. The Kier molecular flexibility index (Phi) is 4.07. The molecule has 0 amide bonds. The van der Waals surface area contributed by atoms with Gasteiger partial charge in [0.2, 0.25) is 0 Å². The van der Waals surface area contributed by atoms with Gasteiger partial charge in [-0.1, -0.05) is 26.0 Å². The zero-order chi connectivity index (χ0) is 12.3. The van der Waals surface area contributed by atoms with Crippen LogP contribution >= 0.6 is 12.6 Å². The van der Waals surface area contributed by atoms with E-state index in [2.05, 4.69) is 47.0 Å². The Balaban J connectivity index is 2.20. The van der Waals surface area contributed by atoms with Crippen molar-refractivity contribution < 1.29 is 0 Å². The summed E-state index contributed by atoms with van der Waals surface area (Å²) in [5.41, 5.74) is 2.20. The van der Waals surface area contributed by atoms with E-state index in [1.807, 2.05) is 18.2 Å². The fraction of sp³-hybridized carbons (Fsp3) is 0.462. The summed E-state index contributed by atoms with van der Waals surface area (Å²) in [7, 11) is 0. The molecule has 0 radical (unpaired) electrons. The van der Waals surface area contributed by atoms with Crippen molar-refractivity contribution in [1.82, 2.24) is 14.5 Å². The molecular formula is C13H19N3S. The van der Waals surface area contributed by atoms with Gasteiger partial charge < -0.3 is 9.47 Å². The van der Waals surface area contributed by atoms with E-state index < -0.39 is 0 Å². The monoisotopic (exact) mass is 249 g/mol. The van der Waals surface area contributed by atoms with E-state index in [0.29, 0.717) is 0 Å². The second-order valence-electron chi connectivity index (χ2n) is 4.08. The van der Waals surface area contributed by atoms with E-state index in [4.69, 9.17) is 0 Å². The minimum absolute atomic E-state index is 0.804. The molecule has 0 atom stereocenters. The van der Waals surface area contributed by atoms with Crippen LogP contribution in [0.3, 0.4) is 0 Å². The SMILES string of the molecule is CCN(CC)CCn1c(S)nc2ccccc21. The molecule has 4 heteroatoms. The summed E-state index contributed by atoms with van der Waals surface area (Å²) >= 11 is 4.45. The van der Waals surface area contributed by atoms with Gasteiger partial charge in [0.25, 0.3) is 0 Å². The Morgan fingerprint density at radius 1 is 1.24 bits per heavy atom. The van der Waals surface area contributed by atoms with Gasteiger partial charge in [0, 0.05) is 13.1 Å². The minimum Gasteiger partial charge on any atom is -0.318 e. The number of fused-ring (bicyclic) bond motifs is 1. The quantitative estimate of drug-likeness (QED) is 0.823. The number of nitrogens with zero attached hydrogens (tertiary/aromatic N) is 3. The maximum atomic E-state index is 4.45. The van der Waals surface area contributed by atoms with Gasteiger partial charge in [-0.25, -0.2) is 4.98 Å². The molecule has 17 heavy (non-hydrogen) atoms.